The fraction of sp³-hybridized carbons (Fsp3) is 0.136. The van der Waals surface area contributed by atoms with E-state index in [-0.39, 0.29) is 10.6 Å². The van der Waals surface area contributed by atoms with Crippen LogP contribution in [0.5, 0.6) is 5.75 Å². The smallest absolute Gasteiger partial charge is 0.387 e. The van der Waals surface area contributed by atoms with Crippen molar-refractivity contribution in [3.63, 3.8) is 0 Å². The summed E-state index contributed by atoms with van der Waals surface area (Å²) in [6.45, 7) is -2.91. The molecule has 0 radical (unpaired) electrons. The lowest BCUT2D eigenvalue weighted by Gasteiger charge is -2.14. The Kier molecular flexibility index (Phi) is 7.06. The zero-order valence-electron chi connectivity index (χ0n) is 17.2. The highest BCUT2D eigenvalue weighted by Crippen LogP contribution is 2.25. The third kappa shape index (κ3) is 5.59. The summed E-state index contributed by atoms with van der Waals surface area (Å²) in [5, 5.41) is 5.77. The Morgan fingerprint density at radius 1 is 0.938 bits per heavy atom. The van der Waals surface area contributed by atoms with Gasteiger partial charge < -0.3 is 15.4 Å². The summed E-state index contributed by atoms with van der Waals surface area (Å²) < 4.78 is 54.7. The summed E-state index contributed by atoms with van der Waals surface area (Å²) >= 11 is 0. The molecule has 3 aromatic rings. The Morgan fingerprint density at radius 3 is 2.28 bits per heavy atom. The van der Waals surface area contributed by atoms with E-state index in [4.69, 9.17) is 0 Å². The average molecular weight is 461 g/mol. The van der Waals surface area contributed by atoms with Crippen LogP contribution < -0.4 is 15.4 Å². The number of carbonyl (C=O) groups is 1. The molecule has 10 heteroatoms. The van der Waals surface area contributed by atoms with Gasteiger partial charge in [-0.3, -0.25) is 4.79 Å². The molecule has 7 nitrogen and oxygen atoms in total. The topological polar surface area (TPSA) is 87.7 Å². The maximum atomic E-state index is 12.9. The van der Waals surface area contributed by atoms with E-state index in [9.17, 15) is 22.0 Å². The molecule has 0 bridgehead atoms. The number of nitrogens with zero attached hydrogens (tertiary/aromatic N) is 1. The van der Waals surface area contributed by atoms with Gasteiger partial charge in [0, 0.05) is 25.5 Å². The second kappa shape index (κ2) is 9.75. The lowest BCUT2D eigenvalue weighted by atomic mass is 10.1. The van der Waals surface area contributed by atoms with E-state index in [1.165, 1.54) is 38.4 Å². The van der Waals surface area contributed by atoms with Gasteiger partial charge in [-0.2, -0.15) is 8.78 Å². The van der Waals surface area contributed by atoms with Crippen LogP contribution in [0.4, 0.5) is 25.8 Å². The summed E-state index contributed by atoms with van der Waals surface area (Å²) in [7, 11) is -0.797. The minimum atomic E-state index is -3.65. The van der Waals surface area contributed by atoms with Gasteiger partial charge in [0.15, 0.2) is 0 Å². The number of alkyl halides is 2. The first-order valence-corrected chi connectivity index (χ1v) is 10.9. The third-order valence-electron chi connectivity index (χ3n) is 4.40. The summed E-state index contributed by atoms with van der Waals surface area (Å²) in [5.74, 6) is -0.436. The molecule has 0 fully saturated rings. The first kappa shape index (κ1) is 23.2. The van der Waals surface area contributed by atoms with Crippen LogP contribution in [-0.2, 0) is 10.0 Å². The molecular weight excluding hydrogens is 440 g/mol. The molecule has 0 spiro atoms. The molecule has 2 N–H and O–H groups in total. The zero-order valence-corrected chi connectivity index (χ0v) is 18.1. The van der Waals surface area contributed by atoms with Crippen molar-refractivity contribution in [2.24, 2.45) is 0 Å². The number of para-hydroxylation sites is 1. The number of carbonyl (C=O) groups excluding carboxylic acids is 1. The van der Waals surface area contributed by atoms with Crippen molar-refractivity contribution in [3.05, 3.63) is 78.4 Å². The van der Waals surface area contributed by atoms with Gasteiger partial charge in [-0.1, -0.05) is 18.2 Å². The average Bonchev–Trinajstić information content (AvgIpc) is 2.75. The van der Waals surface area contributed by atoms with Crippen molar-refractivity contribution in [2.45, 2.75) is 11.5 Å². The van der Waals surface area contributed by atoms with Crippen LogP contribution in [0.2, 0.25) is 0 Å². The Balaban J connectivity index is 1.79. The van der Waals surface area contributed by atoms with Crippen molar-refractivity contribution >= 4 is 33.0 Å². The molecule has 1 amide bonds. The predicted molar refractivity (Wildman–Crippen MR) is 118 cm³/mol. The standard InChI is InChI=1S/C22H21F2N3O4S/c1-27(2)32(29,30)18-7-5-6-16(14-18)26-21(28)19-8-3-4-9-20(19)25-15-10-12-17(13-11-15)31-22(23)24/h3-14,22,25H,1-2H3,(H,26,28). The summed E-state index contributed by atoms with van der Waals surface area (Å²) in [6.07, 6.45) is 0. The van der Waals surface area contributed by atoms with Gasteiger partial charge in [-0.05, 0) is 54.6 Å². The molecule has 0 saturated carbocycles. The summed E-state index contributed by atoms with van der Waals surface area (Å²) in [6, 6.07) is 18.5. The molecule has 168 valence electrons. The number of hydrogen-bond acceptors (Lipinski definition) is 5. The lowest BCUT2D eigenvalue weighted by molar-refractivity contribution is -0.0498. The van der Waals surface area contributed by atoms with Crippen molar-refractivity contribution in [2.75, 3.05) is 24.7 Å². The number of nitrogens with one attached hydrogen (secondary N) is 2. The van der Waals surface area contributed by atoms with Crippen LogP contribution in [0.1, 0.15) is 10.4 Å². The van der Waals surface area contributed by atoms with E-state index in [1.54, 1.807) is 48.5 Å². The number of amides is 1. The van der Waals surface area contributed by atoms with Gasteiger partial charge in [0.1, 0.15) is 5.75 Å². The number of anilines is 3. The number of ether oxygens (including phenoxy) is 1. The van der Waals surface area contributed by atoms with Crippen LogP contribution in [0.15, 0.2) is 77.7 Å². The second-order valence-corrected chi connectivity index (χ2v) is 8.99. The molecule has 3 rings (SSSR count). The number of benzene rings is 3. The summed E-state index contributed by atoms with van der Waals surface area (Å²) in [4.78, 5) is 12.9. The molecule has 0 heterocycles. The van der Waals surface area contributed by atoms with E-state index in [0.29, 0.717) is 22.6 Å². The maximum absolute atomic E-state index is 12.9. The predicted octanol–water partition coefficient (Wildman–Crippen LogP) is 4.53. The van der Waals surface area contributed by atoms with Crippen molar-refractivity contribution < 1.29 is 26.7 Å². The first-order valence-electron chi connectivity index (χ1n) is 9.41. The van der Waals surface area contributed by atoms with Crippen LogP contribution in [0.3, 0.4) is 0 Å². The molecule has 32 heavy (non-hydrogen) atoms. The SMILES string of the molecule is CN(C)S(=O)(=O)c1cccc(NC(=O)c2ccccc2Nc2ccc(OC(F)F)cc2)c1. The van der Waals surface area contributed by atoms with Gasteiger partial charge in [0.25, 0.3) is 5.91 Å². The van der Waals surface area contributed by atoms with E-state index >= 15 is 0 Å². The minimum Gasteiger partial charge on any atom is -0.435 e. The lowest BCUT2D eigenvalue weighted by Crippen LogP contribution is -2.22. The van der Waals surface area contributed by atoms with Gasteiger partial charge in [0.2, 0.25) is 10.0 Å². The third-order valence-corrected chi connectivity index (χ3v) is 6.21. The van der Waals surface area contributed by atoms with Gasteiger partial charge in [-0.25, -0.2) is 12.7 Å². The van der Waals surface area contributed by atoms with Crippen LogP contribution in [0, 0.1) is 0 Å². The fourth-order valence-electron chi connectivity index (χ4n) is 2.81. The molecule has 0 aliphatic heterocycles. The molecule has 0 saturated heterocycles. The fourth-order valence-corrected chi connectivity index (χ4v) is 3.76. The monoisotopic (exact) mass is 461 g/mol. The first-order chi connectivity index (χ1) is 15.2. The second-order valence-electron chi connectivity index (χ2n) is 6.84. The Hall–Kier alpha value is -3.50. The normalized spacial score (nSPS) is 11.4. The largest absolute Gasteiger partial charge is 0.435 e. The van der Waals surface area contributed by atoms with Gasteiger partial charge >= 0.3 is 6.61 Å². The number of rotatable bonds is 8. The van der Waals surface area contributed by atoms with Crippen LogP contribution in [0.25, 0.3) is 0 Å². The summed E-state index contributed by atoms with van der Waals surface area (Å²) in [5.41, 5.74) is 1.66. The van der Waals surface area contributed by atoms with Crippen LogP contribution in [-0.4, -0.2) is 39.3 Å². The maximum Gasteiger partial charge on any atom is 0.387 e. The minimum absolute atomic E-state index is 0.0177. The highest BCUT2D eigenvalue weighted by atomic mass is 32.2. The van der Waals surface area contributed by atoms with Gasteiger partial charge in [0.05, 0.1) is 16.1 Å². The quantitative estimate of drug-likeness (QED) is 0.515. The van der Waals surface area contributed by atoms with E-state index in [0.717, 1.165) is 4.31 Å². The molecule has 0 atom stereocenters. The molecular formula is C22H21F2N3O4S. The molecule has 3 aromatic carbocycles. The molecule has 0 aliphatic carbocycles. The number of sulfonamides is 1. The molecule has 0 aliphatic rings. The zero-order chi connectivity index (χ0) is 23.3. The van der Waals surface area contributed by atoms with E-state index in [1.807, 2.05) is 0 Å². The molecule has 0 aromatic heterocycles. The van der Waals surface area contributed by atoms with Crippen molar-refractivity contribution in [1.29, 1.82) is 0 Å². The van der Waals surface area contributed by atoms with Gasteiger partial charge in [-0.15, -0.1) is 0 Å². The molecule has 0 unspecified atom stereocenters. The highest BCUT2D eigenvalue weighted by Gasteiger charge is 2.18. The Labute approximate surface area is 184 Å². The number of halogens is 2. The highest BCUT2D eigenvalue weighted by molar-refractivity contribution is 7.89. The van der Waals surface area contributed by atoms with E-state index in [2.05, 4.69) is 15.4 Å². The number of hydrogen-bond donors (Lipinski definition) is 2. The van der Waals surface area contributed by atoms with Crippen molar-refractivity contribution in [1.82, 2.24) is 4.31 Å². The Bertz CT molecular complexity index is 1200. The van der Waals surface area contributed by atoms with Crippen LogP contribution >= 0.6 is 0 Å². The van der Waals surface area contributed by atoms with E-state index < -0.39 is 22.5 Å². The van der Waals surface area contributed by atoms with Crippen molar-refractivity contribution in [3.8, 4) is 5.75 Å². The Morgan fingerprint density at radius 2 is 1.62 bits per heavy atom.